The molecule has 1 saturated heterocycles. The number of nitrogens with one attached hydrogen (secondary N) is 3. The molecule has 3 amide bonds. The zero-order valence-corrected chi connectivity index (χ0v) is 25.1. The number of urea groups is 1. The number of hydrogen-bond acceptors (Lipinski definition) is 4. The van der Waals surface area contributed by atoms with Crippen LogP contribution in [0.5, 0.6) is 0 Å². The first-order chi connectivity index (χ1) is 20.3. The Kier molecular flexibility index (Phi) is 9.49. The number of halogens is 1. The minimum absolute atomic E-state index is 0.242. The summed E-state index contributed by atoms with van der Waals surface area (Å²) in [7, 11) is 4.01. The second-order valence-electron chi connectivity index (χ2n) is 11.2. The van der Waals surface area contributed by atoms with Crippen molar-refractivity contribution in [2.75, 3.05) is 32.5 Å². The smallest absolute Gasteiger partial charge is 0.318 e. The number of benzene rings is 3. The molecule has 1 aliphatic rings. The normalized spacial score (nSPS) is 15.5. The number of carbonyl (C=O) groups is 2. The van der Waals surface area contributed by atoms with Gasteiger partial charge in [-0.15, -0.1) is 11.8 Å². The van der Waals surface area contributed by atoms with Crippen LogP contribution in [-0.4, -0.2) is 65.2 Å². The summed E-state index contributed by atoms with van der Waals surface area (Å²) in [5.41, 5.74) is 3.75. The lowest BCUT2D eigenvalue weighted by molar-refractivity contribution is -0.118. The lowest BCUT2D eigenvalue weighted by Gasteiger charge is -2.34. The molecule has 1 fully saturated rings. The van der Waals surface area contributed by atoms with Gasteiger partial charge in [0.1, 0.15) is 11.9 Å². The molecular weight excluding hydrogens is 549 g/mol. The van der Waals surface area contributed by atoms with Gasteiger partial charge >= 0.3 is 6.03 Å². The molecule has 5 rings (SSSR count). The van der Waals surface area contributed by atoms with E-state index in [4.69, 9.17) is 0 Å². The van der Waals surface area contributed by atoms with Gasteiger partial charge in [-0.2, -0.15) is 0 Å². The maximum atomic E-state index is 13.8. The summed E-state index contributed by atoms with van der Waals surface area (Å²) < 4.78 is 13.3. The highest BCUT2D eigenvalue weighted by Gasteiger charge is 2.32. The Morgan fingerprint density at radius 3 is 2.52 bits per heavy atom. The standard InChI is InChI=1S/C33H38FN5O2S/c1-22(29-20-35-30-10-5-4-9-28(29)30)31(32(40)36-25-8-6-7-23(19-25)21-38(2)3)37-33(41)39-17-15-27(16-18-39)42-26-13-11-24(34)12-14-26/h4-14,19-20,22,27,31,35H,15-18,21H2,1-3H3,(H,36,40)(H,37,41)/t22-,31+/m0/s1. The van der Waals surface area contributed by atoms with Crippen LogP contribution in [0.15, 0.2) is 83.9 Å². The van der Waals surface area contributed by atoms with Crippen molar-refractivity contribution < 1.29 is 14.0 Å². The maximum Gasteiger partial charge on any atom is 0.318 e. The first-order valence-electron chi connectivity index (χ1n) is 14.3. The zero-order chi connectivity index (χ0) is 29.6. The van der Waals surface area contributed by atoms with E-state index < -0.39 is 6.04 Å². The molecule has 2 atom stereocenters. The average Bonchev–Trinajstić information content (AvgIpc) is 3.41. The largest absolute Gasteiger partial charge is 0.361 e. The molecule has 4 aromatic rings. The molecule has 0 aliphatic carbocycles. The molecule has 1 aliphatic heterocycles. The van der Waals surface area contributed by atoms with Crippen molar-refractivity contribution in [2.24, 2.45) is 0 Å². The van der Waals surface area contributed by atoms with Gasteiger partial charge < -0.3 is 25.4 Å². The highest BCUT2D eigenvalue weighted by molar-refractivity contribution is 8.00. The Labute approximate surface area is 250 Å². The van der Waals surface area contributed by atoms with Gasteiger partial charge in [0.05, 0.1) is 0 Å². The number of nitrogens with zero attached hydrogens (tertiary/aromatic N) is 2. The van der Waals surface area contributed by atoms with Crippen molar-refractivity contribution in [3.8, 4) is 0 Å². The molecule has 0 radical (unpaired) electrons. The lowest BCUT2D eigenvalue weighted by atomic mass is 9.92. The molecule has 0 saturated carbocycles. The van der Waals surface area contributed by atoms with Crippen LogP contribution in [0.2, 0.25) is 0 Å². The number of fused-ring (bicyclic) bond motifs is 1. The van der Waals surface area contributed by atoms with Gasteiger partial charge in [-0.3, -0.25) is 4.79 Å². The molecule has 3 N–H and O–H groups in total. The molecule has 0 unspecified atom stereocenters. The van der Waals surface area contributed by atoms with E-state index in [0.717, 1.165) is 46.3 Å². The fourth-order valence-electron chi connectivity index (χ4n) is 5.51. The third kappa shape index (κ3) is 7.33. The summed E-state index contributed by atoms with van der Waals surface area (Å²) in [5.74, 6) is -0.793. The van der Waals surface area contributed by atoms with Gasteiger partial charge in [0.2, 0.25) is 5.91 Å². The van der Waals surface area contributed by atoms with Crippen LogP contribution in [0.4, 0.5) is 14.9 Å². The number of amides is 3. The first kappa shape index (κ1) is 29.7. The van der Waals surface area contributed by atoms with Gasteiger partial charge in [-0.1, -0.05) is 37.3 Å². The second kappa shape index (κ2) is 13.4. The summed E-state index contributed by atoms with van der Waals surface area (Å²) in [4.78, 5) is 35.6. The number of para-hydroxylation sites is 1. The first-order valence-corrected chi connectivity index (χ1v) is 15.2. The number of H-pyrrole nitrogens is 1. The average molecular weight is 588 g/mol. The molecule has 7 nitrogen and oxygen atoms in total. The number of likely N-dealkylation sites (tertiary alicyclic amines) is 1. The summed E-state index contributed by atoms with van der Waals surface area (Å²) in [6.07, 6.45) is 3.57. The Hall–Kier alpha value is -3.82. The fourth-order valence-corrected chi connectivity index (χ4v) is 6.63. The van der Waals surface area contributed by atoms with Crippen LogP contribution in [-0.2, 0) is 11.3 Å². The van der Waals surface area contributed by atoms with Crippen LogP contribution in [0.25, 0.3) is 10.9 Å². The van der Waals surface area contributed by atoms with E-state index in [2.05, 4.69) is 20.5 Å². The fraction of sp³-hybridized carbons (Fsp3) is 0.333. The predicted molar refractivity (Wildman–Crippen MR) is 168 cm³/mol. The molecule has 3 aromatic carbocycles. The van der Waals surface area contributed by atoms with Crippen LogP contribution < -0.4 is 10.6 Å². The number of thioether (sulfide) groups is 1. The summed E-state index contributed by atoms with van der Waals surface area (Å²) in [6.45, 7) is 3.92. The van der Waals surface area contributed by atoms with E-state index in [1.807, 2.05) is 75.7 Å². The molecule has 0 spiro atoms. The van der Waals surface area contributed by atoms with Crippen molar-refractivity contribution in [3.05, 3.63) is 95.9 Å². The summed E-state index contributed by atoms with van der Waals surface area (Å²) in [5, 5.41) is 7.52. The van der Waals surface area contributed by atoms with E-state index in [1.165, 1.54) is 12.1 Å². The van der Waals surface area contributed by atoms with E-state index >= 15 is 0 Å². The summed E-state index contributed by atoms with van der Waals surface area (Å²) >= 11 is 1.72. The van der Waals surface area contributed by atoms with Crippen molar-refractivity contribution in [1.82, 2.24) is 20.1 Å². The maximum absolute atomic E-state index is 13.8. The number of hydrogen-bond donors (Lipinski definition) is 3. The molecule has 42 heavy (non-hydrogen) atoms. The van der Waals surface area contributed by atoms with E-state index in [1.54, 1.807) is 28.8 Å². The van der Waals surface area contributed by atoms with E-state index in [9.17, 15) is 14.0 Å². The van der Waals surface area contributed by atoms with Crippen LogP contribution >= 0.6 is 11.8 Å². The lowest BCUT2D eigenvalue weighted by Crippen LogP contribution is -2.53. The number of carbonyl (C=O) groups excluding carboxylic acids is 2. The quantitative estimate of drug-likeness (QED) is 0.210. The Morgan fingerprint density at radius 1 is 1.05 bits per heavy atom. The van der Waals surface area contributed by atoms with Crippen molar-refractivity contribution in [3.63, 3.8) is 0 Å². The highest BCUT2D eigenvalue weighted by atomic mass is 32.2. The SMILES string of the molecule is C[C@@H](c1c[nH]c2ccccc12)[C@@H](NC(=O)N1CCC(Sc2ccc(F)cc2)CC1)C(=O)Nc1cccc(CN(C)C)c1. The zero-order valence-electron chi connectivity index (χ0n) is 24.3. The minimum atomic E-state index is -0.791. The van der Waals surface area contributed by atoms with Gasteiger partial charge in [0, 0.05) is 58.5 Å². The van der Waals surface area contributed by atoms with Gasteiger partial charge in [0.15, 0.2) is 0 Å². The van der Waals surface area contributed by atoms with E-state index in [0.29, 0.717) is 24.0 Å². The number of rotatable bonds is 9. The topological polar surface area (TPSA) is 80.5 Å². The molecular formula is C33H38FN5O2S. The van der Waals surface area contributed by atoms with Crippen LogP contribution in [0, 0.1) is 5.82 Å². The number of aromatic amines is 1. The Morgan fingerprint density at radius 2 is 1.79 bits per heavy atom. The number of anilines is 1. The predicted octanol–water partition coefficient (Wildman–Crippen LogP) is 6.45. The molecule has 2 heterocycles. The third-order valence-electron chi connectivity index (χ3n) is 7.71. The van der Waals surface area contributed by atoms with Crippen LogP contribution in [0.3, 0.4) is 0 Å². The van der Waals surface area contributed by atoms with E-state index in [-0.39, 0.29) is 23.7 Å². The van der Waals surface area contributed by atoms with Crippen molar-refractivity contribution in [1.29, 1.82) is 0 Å². The molecule has 220 valence electrons. The van der Waals surface area contributed by atoms with Gasteiger partial charge in [-0.25, -0.2) is 9.18 Å². The second-order valence-corrected chi connectivity index (χ2v) is 12.6. The summed E-state index contributed by atoms with van der Waals surface area (Å²) in [6, 6.07) is 21.3. The number of aromatic nitrogens is 1. The monoisotopic (exact) mass is 587 g/mol. The molecule has 9 heteroatoms. The van der Waals surface area contributed by atoms with Gasteiger partial charge in [0.25, 0.3) is 0 Å². The van der Waals surface area contributed by atoms with Gasteiger partial charge in [-0.05, 0) is 80.5 Å². The Bertz CT molecular complexity index is 1510. The third-order valence-corrected chi connectivity index (χ3v) is 9.06. The Balaban J connectivity index is 1.30. The highest BCUT2D eigenvalue weighted by Crippen LogP contribution is 2.31. The molecule has 1 aromatic heterocycles. The molecule has 0 bridgehead atoms. The number of piperidine rings is 1. The van der Waals surface area contributed by atoms with Crippen molar-refractivity contribution in [2.45, 2.75) is 48.4 Å². The van der Waals surface area contributed by atoms with Crippen molar-refractivity contribution >= 4 is 40.3 Å². The minimum Gasteiger partial charge on any atom is -0.361 e. The van der Waals surface area contributed by atoms with Crippen LogP contribution in [0.1, 0.15) is 36.8 Å².